The van der Waals surface area contributed by atoms with E-state index >= 15 is 0 Å². The van der Waals surface area contributed by atoms with Crippen LogP contribution in [0.15, 0.2) is 60.7 Å². The molecule has 0 aliphatic heterocycles. The third-order valence-electron chi connectivity index (χ3n) is 3.63. The van der Waals surface area contributed by atoms with E-state index in [1.54, 1.807) is 43.3 Å². The Labute approximate surface area is 140 Å². The van der Waals surface area contributed by atoms with Crippen LogP contribution in [0.1, 0.15) is 19.4 Å². The summed E-state index contributed by atoms with van der Waals surface area (Å²) in [4.78, 5) is 0. The van der Waals surface area contributed by atoms with E-state index in [1.807, 2.05) is 13.8 Å². The van der Waals surface area contributed by atoms with Crippen molar-refractivity contribution in [3.8, 4) is 22.3 Å². The van der Waals surface area contributed by atoms with E-state index in [1.165, 1.54) is 24.3 Å². The maximum absolute atomic E-state index is 14.3. The van der Waals surface area contributed by atoms with Crippen LogP contribution >= 0.6 is 0 Å². The molecule has 0 saturated heterocycles. The summed E-state index contributed by atoms with van der Waals surface area (Å²) < 4.78 is 40.9. The summed E-state index contributed by atoms with van der Waals surface area (Å²) in [6.45, 7) is 5.66. The maximum atomic E-state index is 14.3. The Bertz CT molecular complexity index is 821. The molecule has 24 heavy (non-hydrogen) atoms. The molecule has 0 fully saturated rings. The molecule has 0 saturated carbocycles. The summed E-state index contributed by atoms with van der Waals surface area (Å²) in [7, 11) is 0. The van der Waals surface area contributed by atoms with E-state index < -0.39 is 5.82 Å². The van der Waals surface area contributed by atoms with Crippen molar-refractivity contribution in [2.75, 3.05) is 0 Å². The lowest BCUT2D eigenvalue weighted by Crippen LogP contribution is -1.89. The molecule has 0 unspecified atom stereocenters. The summed E-state index contributed by atoms with van der Waals surface area (Å²) >= 11 is 0. The maximum Gasteiger partial charge on any atom is 0.131 e. The van der Waals surface area contributed by atoms with Gasteiger partial charge in [-0.1, -0.05) is 50.2 Å². The lowest BCUT2D eigenvalue weighted by Gasteiger charge is -2.08. The van der Waals surface area contributed by atoms with E-state index in [0.717, 1.165) is 5.56 Å². The standard InChI is InChI=1S/C19H13F3.C2H6/c1-12-2-3-15(11-18(12)21)17-9-6-14(10-19(17)22)13-4-7-16(20)8-5-13;1-2/h2-11H,1H3;1-2H3. The lowest BCUT2D eigenvalue weighted by molar-refractivity contribution is 0.617. The van der Waals surface area contributed by atoms with Crippen LogP contribution in [0, 0.1) is 24.4 Å². The highest BCUT2D eigenvalue weighted by Crippen LogP contribution is 2.29. The van der Waals surface area contributed by atoms with Crippen molar-refractivity contribution in [2.24, 2.45) is 0 Å². The van der Waals surface area contributed by atoms with Gasteiger partial charge in [0.25, 0.3) is 0 Å². The molecule has 3 aromatic rings. The third-order valence-corrected chi connectivity index (χ3v) is 3.63. The van der Waals surface area contributed by atoms with Gasteiger partial charge in [0.05, 0.1) is 0 Å². The van der Waals surface area contributed by atoms with E-state index in [0.29, 0.717) is 22.3 Å². The molecule has 0 atom stereocenters. The fourth-order valence-electron chi connectivity index (χ4n) is 2.33. The lowest BCUT2D eigenvalue weighted by atomic mass is 9.99. The van der Waals surface area contributed by atoms with Gasteiger partial charge in [0.1, 0.15) is 17.5 Å². The van der Waals surface area contributed by atoms with Crippen LogP contribution < -0.4 is 0 Å². The molecule has 3 aromatic carbocycles. The van der Waals surface area contributed by atoms with Crippen molar-refractivity contribution in [1.29, 1.82) is 0 Å². The number of benzene rings is 3. The van der Waals surface area contributed by atoms with Gasteiger partial charge in [-0.3, -0.25) is 0 Å². The first-order valence-electron chi connectivity index (χ1n) is 7.86. The van der Waals surface area contributed by atoms with Gasteiger partial charge in [-0.15, -0.1) is 0 Å². The highest BCUT2D eigenvalue weighted by molar-refractivity contribution is 5.71. The summed E-state index contributed by atoms with van der Waals surface area (Å²) in [5.74, 6) is -1.14. The summed E-state index contributed by atoms with van der Waals surface area (Å²) in [6.07, 6.45) is 0. The van der Waals surface area contributed by atoms with Gasteiger partial charge in [-0.05, 0) is 53.4 Å². The van der Waals surface area contributed by atoms with Gasteiger partial charge in [0.15, 0.2) is 0 Å². The second-order valence-electron chi connectivity index (χ2n) is 5.17. The molecule has 0 aliphatic carbocycles. The molecule has 0 N–H and O–H groups in total. The monoisotopic (exact) mass is 328 g/mol. The minimum absolute atomic E-state index is 0.337. The topological polar surface area (TPSA) is 0 Å². The molecule has 0 bridgehead atoms. The van der Waals surface area contributed by atoms with E-state index in [9.17, 15) is 13.2 Å². The van der Waals surface area contributed by atoms with Crippen LogP contribution in [0.2, 0.25) is 0 Å². The van der Waals surface area contributed by atoms with Gasteiger partial charge >= 0.3 is 0 Å². The number of halogens is 3. The molecular formula is C21H19F3. The van der Waals surface area contributed by atoms with Gasteiger partial charge in [0, 0.05) is 5.56 Å². The predicted octanol–water partition coefficient (Wildman–Crippen LogP) is 6.77. The van der Waals surface area contributed by atoms with Crippen LogP contribution in [-0.2, 0) is 0 Å². The van der Waals surface area contributed by atoms with E-state index in [2.05, 4.69) is 0 Å². The highest BCUT2D eigenvalue weighted by atomic mass is 19.1. The van der Waals surface area contributed by atoms with Gasteiger partial charge in [-0.2, -0.15) is 0 Å². The zero-order valence-electron chi connectivity index (χ0n) is 13.9. The largest absolute Gasteiger partial charge is 0.207 e. The zero-order chi connectivity index (χ0) is 17.7. The van der Waals surface area contributed by atoms with Crippen molar-refractivity contribution >= 4 is 0 Å². The molecule has 0 aromatic heterocycles. The molecule has 0 amide bonds. The Morgan fingerprint density at radius 1 is 0.583 bits per heavy atom. The molecule has 3 heteroatoms. The average Bonchev–Trinajstić information content (AvgIpc) is 2.60. The smallest absolute Gasteiger partial charge is 0.131 e. The quantitative estimate of drug-likeness (QED) is 0.487. The fraction of sp³-hybridized carbons (Fsp3) is 0.143. The van der Waals surface area contributed by atoms with Crippen LogP contribution in [-0.4, -0.2) is 0 Å². The second-order valence-corrected chi connectivity index (χ2v) is 5.17. The number of rotatable bonds is 2. The Morgan fingerprint density at radius 3 is 1.71 bits per heavy atom. The van der Waals surface area contributed by atoms with Crippen molar-refractivity contribution < 1.29 is 13.2 Å². The second kappa shape index (κ2) is 7.82. The number of aryl methyl sites for hydroxylation is 1. The molecule has 0 spiro atoms. The SMILES string of the molecule is CC.Cc1ccc(-c2ccc(-c3ccc(F)cc3)cc2F)cc1F. The average molecular weight is 328 g/mol. The fourth-order valence-corrected chi connectivity index (χ4v) is 2.33. The van der Waals surface area contributed by atoms with Crippen molar-refractivity contribution in [3.05, 3.63) is 83.7 Å². The Kier molecular flexibility index (Phi) is 5.80. The molecule has 124 valence electrons. The first-order chi connectivity index (χ1) is 11.5. The zero-order valence-corrected chi connectivity index (χ0v) is 13.9. The normalized spacial score (nSPS) is 10.1. The van der Waals surface area contributed by atoms with Gasteiger partial charge in [0.2, 0.25) is 0 Å². The molecule has 0 radical (unpaired) electrons. The minimum Gasteiger partial charge on any atom is -0.207 e. The number of hydrogen-bond donors (Lipinski definition) is 0. The highest BCUT2D eigenvalue weighted by Gasteiger charge is 2.09. The number of hydrogen-bond acceptors (Lipinski definition) is 0. The molecule has 0 nitrogen and oxygen atoms in total. The molecule has 3 rings (SSSR count). The minimum atomic E-state index is -0.440. The van der Waals surface area contributed by atoms with Crippen molar-refractivity contribution in [1.82, 2.24) is 0 Å². The summed E-state index contributed by atoms with van der Waals surface area (Å²) in [5, 5.41) is 0. The first-order valence-corrected chi connectivity index (χ1v) is 7.86. The van der Waals surface area contributed by atoms with E-state index in [-0.39, 0.29) is 11.6 Å². The van der Waals surface area contributed by atoms with Crippen LogP contribution in [0.25, 0.3) is 22.3 Å². The summed E-state index contributed by atoms with van der Waals surface area (Å²) in [5.41, 5.74) is 2.72. The molecule has 0 aliphatic rings. The van der Waals surface area contributed by atoms with Crippen LogP contribution in [0.4, 0.5) is 13.2 Å². The van der Waals surface area contributed by atoms with Crippen molar-refractivity contribution in [3.63, 3.8) is 0 Å². The Morgan fingerprint density at radius 2 is 1.12 bits per heavy atom. The Hall–Kier alpha value is -2.55. The van der Waals surface area contributed by atoms with Crippen LogP contribution in [0.5, 0.6) is 0 Å². The molecular weight excluding hydrogens is 309 g/mol. The van der Waals surface area contributed by atoms with Gasteiger partial charge < -0.3 is 0 Å². The summed E-state index contributed by atoms with van der Waals surface area (Å²) in [6, 6.07) is 15.2. The predicted molar refractivity (Wildman–Crippen MR) is 93.3 cm³/mol. The van der Waals surface area contributed by atoms with Gasteiger partial charge in [-0.25, -0.2) is 13.2 Å². The first kappa shape index (κ1) is 17.8. The van der Waals surface area contributed by atoms with E-state index in [4.69, 9.17) is 0 Å². The van der Waals surface area contributed by atoms with Crippen LogP contribution in [0.3, 0.4) is 0 Å². The Balaban J connectivity index is 0.00000100. The van der Waals surface area contributed by atoms with Crippen molar-refractivity contribution in [2.45, 2.75) is 20.8 Å². The molecule has 0 heterocycles. The third kappa shape index (κ3) is 3.85.